The van der Waals surface area contributed by atoms with Crippen LogP contribution in [0.2, 0.25) is 0 Å². The van der Waals surface area contributed by atoms with Crippen molar-refractivity contribution in [3.63, 3.8) is 0 Å². The highest BCUT2D eigenvalue weighted by Crippen LogP contribution is 2.29. The van der Waals surface area contributed by atoms with E-state index in [0.29, 0.717) is 29.5 Å². The number of carbonyl (C=O) groups excluding carboxylic acids is 1. The van der Waals surface area contributed by atoms with Gasteiger partial charge in [0, 0.05) is 26.3 Å². The fraction of sp³-hybridized carbons (Fsp3) is 0.333. The molecule has 2 N–H and O–H groups in total. The van der Waals surface area contributed by atoms with Crippen LogP contribution in [0, 0.1) is 0 Å². The highest BCUT2D eigenvalue weighted by atomic mass is 16.5. The summed E-state index contributed by atoms with van der Waals surface area (Å²) in [6.45, 7) is 1.48. The first-order valence-corrected chi connectivity index (χ1v) is 7.90. The summed E-state index contributed by atoms with van der Waals surface area (Å²) in [7, 11) is 4.78. The first-order valence-electron chi connectivity index (χ1n) is 7.90. The van der Waals surface area contributed by atoms with Gasteiger partial charge in [0.15, 0.2) is 0 Å². The molecule has 0 spiro atoms. The number of methoxy groups -OCH3 is 3. The van der Waals surface area contributed by atoms with Gasteiger partial charge in [-0.25, -0.2) is 4.98 Å². The Labute approximate surface area is 147 Å². The molecular weight excluding hydrogens is 322 g/mol. The van der Waals surface area contributed by atoms with Crippen LogP contribution in [0.5, 0.6) is 11.5 Å². The third-order valence-corrected chi connectivity index (χ3v) is 3.51. The maximum absolute atomic E-state index is 12.4. The number of anilines is 2. The van der Waals surface area contributed by atoms with E-state index in [2.05, 4.69) is 15.6 Å². The smallest absolute Gasteiger partial charge is 0.274 e. The van der Waals surface area contributed by atoms with Gasteiger partial charge in [0.2, 0.25) is 0 Å². The van der Waals surface area contributed by atoms with Crippen LogP contribution in [0.1, 0.15) is 16.9 Å². The number of amides is 1. The number of benzene rings is 1. The number of pyridine rings is 1. The van der Waals surface area contributed by atoms with Gasteiger partial charge in [0.25, 0.3) is 5.91 Å². The summed E-state index contributed by atoms with van der Waals surface area (Å²) in [5.41, 5.74) is 1.69. The van der Waals surface area contributed by atoms with Gasteiger partial charge >= 0.3 is 0 Å². The Kier molecular flexibility index (Phi) is 7.03. The van der Waals surface area contributed by atoms with Gasteiger partial charge in [-0.15, -0.1) is 0 Å². The summed E-state index contributed by atoms with van der Waals surface area (Å²) in [5.74, 6) is 0.850. The van der Waals surface area contributed by atoms with Crippen LogP contribution < -0.4 is 20.1 Å². The lowest BCUT2D eigenvalue weighted by atomic mass is 10.2. The summed E-state index contributed by atoms with van der Waals surface area (Å²) in [4.78, 5) is 16.6. The molecule has 134 valence electrons. The third kappa shape index (κ3) is 5.36. The van der Waals surface area contributed by atoms with Crippen LogP contribution in [-0.2, 0) is 4.74 Å². The molecular formula is C18H23N3O4. The first kappa shape index (κ1) is 18.5. The van der Waals surface area contributed by atoms with Crippen LogP contribution in [0.25, 0.3) is 0 Å². The minimum Gasteiger partial charge on any atom is -0.497 e. The van der Waals surface area contributed by atoms with Crippen molar-refractivity contribution in [2.75, 3.05) is 45.1 Å². The summed E-state index contributed by atoms with van der Waals surface area (Å²) in [6, 6.07) is 8.67. The summed E-state index contributed by atoms with van der Waals surface area (Å²) in [5, 5.41) is 6.01. The Morgan fingerprint density at radius 1 is 1.12 bits per heavy atom. The molecule has 0 aliphatic carbocycles. The molecule has 1 aromatic carbocycles. The molecule has 0 saturated heterocycles. The van der Waals surface area contributed by atoms with Crippen molar-refractivity contribution >= 4 is 17.3 Å². The number of hydrogen-bond donors (Lipinski definition) is 2. The minimum absolute atomic E-state index is 0.312. The number of hydrogen-bond acceptors (Lipinski definition) is 6. The van der Waals surface area contributed by atoms with E-state index in [4.69, 9.17) is 14.2 Å². The number of ether oxygens (including phenoxy) is 3. The fourth-order valence-electron chi connectivity index (χ4n) is 2.18. The monoisotopic (exact) mass is 345 g/mol. The van der Waals surface area contributed by atoms with Crippen LogP contribution in [0.15, 0.2) is 36.5 Å². The van der Waals surface area contributed by atoms with Gasteiger partial charge in [0.05, 0.1) is 31.8 Å². The van der Waals surface area contributed by atoms with E-state index in [9.17, 15) is 4.79 Å². The number of nitrogens with one attached hydrogen (secondary N) is 2. The molecule has 1 heterocycles. The number of carbonyl (C=O) groups is 1. The summed E-state index contributed by atoms with van der Waals surface area (Å²) >= 11 is 0. The lowest BCUT2D eigenvalue weighted by molar-refractivity contribution is 0.102. The molecule has 2 rings (SSSR count). The molecule has 7 nitrogen and oxygen atoms in total. The standard InChI is InChI=1S/C18H23N3O4/c1-23-10-4-9-19-13-5-7-15(20-12-13)18(22)21-16-11-14(24-2)6-8-17(16)25-3/h5-8,11-12,19H,4,9-10H2,1-3H3,(H,21,22). The van der Waals surface area contributed by atoms with Crippen LogP contribution in [-0.4, -0.2) is 45.4 Å². The Hall–Kier alpha value is -2.80. The van der Waals surface area contributed by atoms with E-state index in [1.165, 1.54) is 0 Å². The topological polar surface area (TPSA) is 81.7 Å². The fourth-order valence-corrected chi connectivity index (χ4v) is 2.18. The second-order valence-electron chi connectivity index (χ2n) is 5.23. The van der Waals surface area contributed by atoms with Crippen molar-refractivity contribution in [3.05, 3.63) is 42.2 Å². The molecule has 7 heteroatoms. The lowest BCUT2D eigenvalue weighted by Gasteiger charge is -2.12. The van der Waals surface area contributed by atoms with Gasteiger partial charge in [0.1, 0.15) is 17.2 Å². The second kappa shape index (κ2) is 9.48. The molecule has 0 atom stereocenters. The summed E-state index contributed by atoms with van der Waals surface area (Å²) in [6.07, 6.45) is 2.53. The van der Waals surface area contributed by atoms with Gasteiger partial charge in [-0.2, -0.15) is 0 Å². The average molecular weight is 345 g/mol. The minimum atomic E-state index is -0.322. The van der Waals surface area contributed by atoms with E-state index >= 15 is 0 Å². The van der Waals surface area contributed by atoms with Gasteiger partial charge in [-0.1, -0.05) is 0 Å². The van der Waals surface area contributed by atoms with Crippen molar-refractivity contribution in [3.8, 4) is 11.5 Å². The van der Waals surface area contributed by atoms with Gasteiger partial charge in [-0.05, 0) is 30.7 Å². The lowest BCUT2D eigenvalue weighted by Crippen LogP contribution is -2.14. The van der Waals surface area contributed by atoms with E-state index in [1.807, 2.05) is 6.07 Å². The highest BCUT2D eigenvalue weighted by molar-refractivity contribution is 6.03. The Bertz CT molecular complexity index is 689. The van der Waals surface area contributed by atoms with E-state index in [1.54, 1.807) is 51.8 Å². The molecule has 1 amide bonds. The van der Waals surface area contributed by atoms with Crippen LogP contribution in [0.4, 0.5) is 11.4 Å². The average Bonchev–Trinajstić information content (AvgIpc) is 2.65. The van der Waals surface area contributed by atoms with Crippen molar-refractivity contribution in [1.82, 2.24) is 4.98 Å². The zero-order valence-corrected chi connectivity index (χ0v) is 14.7. The second-order valence-corrected chi connectivity index (χ2v) is 5.23. The largest absolute Gasteiger partial charge is 0.497 e. The molecule has 0 fully saturated rings. The predicted molar refractivity (Wildman–Crippen MR) is 96.7 cm³/mol. The maximum Gasteiger partial charge on any atom is 0.274 e. The number of nitrogens with zero attached hydrogens (tertiary/aromatic N) is 1. The van der Waals surface area contributed by atoms with Crippen molar-refractivity contribution in [2.24, 2.45) is 0 Å². The van der Waals surface area contributed by atoms with Gasteiger partial charge < -0.3 is 24.8 Å². The quantitative estimate of drug-likeness (QED) is 0.680. The SMILES string of the molecule is COCCCNc1ccc(C(=O)Nc2cc(OC)ccc2OC)nc1. The highest BCUT2D eigenvalue weighted by Gasteiger charge is 2.12. The van der Waals surface area contributed by atoms with Crippen molar-refractivity contribution < 1.29 is 19.0 Å². The normalized spacial score (nSPS) is 10.2. The molecule has 0 radical (unpaired) electrons. The molecule has 0 saturated carbocycles. The number of rotatable bonds is 9. The zero-order chi connectivity index (χ0) is 18.1. The Morgan fingerprint density at radius 3 is 2.60 bits per heavy atom. The molecule has 25 heavy (non-hydrogen) atoms. The zero-order valence-electron chi connectivity index (χ0n) is 14.7. The van der Waals surface area contributed by atoms with E-state index in [0.717, 1.165) is 18.7 Å². The van der Waals surface area contributed by atoms with Gasteiger partial charge in [-0.3, -0.25) is 4.79 Å². The molecule has 0 aliphatic rings. The molecule has 0 unspecified atom stereocenters. The van der Waals surface area contributed by atoms with Crippen molar-refractivity contribution in [1.29, 1.82) is 0 Å². The van der Waals surface area contributed by atoms with E-state index in [-0.39, 0.29) is 5.91 Å². The predicted octanol–water partition coefficient (Wildman–Crippen LogP) is 2.80. The summed E-state index contributed by atoms with van der Waals surface area (Å²) < 4.78 is 15.4. The van der Waals surface area contributed by atoms with Crippen LogP contribution >= 0.6 is 0 Å². The van der Waals surface area contributed by atoms with Crippen LogP contribution in [0.3, 0.4) is 0 Å². The maximum atomic E-state index is 12.4. The molecule has 1 aromatic heterocycles. The van der Waals surface area contributed by atoms with Crippen molar-refractivity contribution in [2.45, 2.75) is 6.42 Å². The Balaban J connectivity index is 2.01. The first-order chi connectivity index (χ1) is 12.2. The van der Waals surface area contributed by atoms with E-state index < -0.39 is 0 Å². The molecule has 2 aromatic rings. The Morgan fingerprint density at radius 2 is 1.96 bits per heavy atom. The molecule has 0 aliphatic heterocycles. The third-order valence-electron chi connectivity index (χ3n) is 3.51. The molecule has 0 bridgehead atoms. The number of aromatic nitrogens is 1.